The van der Waals surface area contributed by atoms with Crippen molar-refractivity contribution in [3.63, 3.8) is 0 Å². The van der Waals surface area contributed by atoms with Gasteiger partial charge in [0.15, 0.2) is 0 Å². The van der Waals surface area contributed by atoms with Crippen molar-refractivity contribution >= 4 is 29.3 Å². The Morgan fingerprint density at radius 2 is 0.368 bits per heavy atom. The minimum Gasteiger partial charge on any atom is -1.00 e. The van der Waals surface area contributed by atoms with Gasteiger partial charge in [-0.05, 0) is 0 Å². The summed E-state index contributed by atoms with van der Waals surface area (Å²) in [5.74, 6) is 0. The normalized spacial score (nSPS) is 5.68. The summed E-state index contributed by atoms with van der Waals surface area (Å²) in [4.78, 5) is 0. The molecule has 0 fully saturated rings. The van der Waals surface area contributed by atoms with Crippen LogP contribution in [0.3, 0.4) is 0 Å². The summed E-state index contributed by atoms with van der Waals surface area (Å²) in [6.45, 7) is 0. The Bertz CT molecular complexity index is 68.2. The summed E-state index contributed by atoms with van der Waals surface area (Å²) in [5.41, 5.74) is 0. The van der Waals surface area contributed by atoms with Crippen LogP contribution in [0.5, 0.6) is 0 Å². The third-order valence-electron chi connectivity index (χ3n) is 0. The van der Waals surface area contributed by atoms with Crippen LogP contribution < -0.4 is 51.4 Å². The van der Waals surface area contributed by atoms with E-state index in [-0.39, 0.29) is 63.8 Å². The molecule has 0 aliphatic rings. The van der Waals surface area contributed by atoms with Crippen LogP contribution in [0.2, 0.25) is 0 Å². The van der Waals surface area contributed by atoms with Crippen molar-refractivity contribution < 1.29 is 124 Å². The number of hydrogen-bond donors (Lipinski definition) is 12. The van der Waals surface area contributed by atoms with Crippen LogP contribution in [0.4, 0.5) is 0 Å². The maximum Gasteiger partial charge on any atom is 1.00 e. The van der Waals surface area contributed by atoms with Crippen molar-refractivity contribution in [3.05, 3.63) is 0 Å². The Kier molecular flexibility index (Phi) is 82.2. The van der Waals surface area contributed by atoms with Gasteiger partial charge in [0, 0.05) is 0 Å². The van der Waals surface area contributed by atoms with Crippen LogP contribution in [0, 0.1) is 0 Å². The van der Waals surface area contributed by atoms with E-state index in [1.54, 1.807) is 0 Å². The molecule has 0 aromatic heterocycles. The summed E-state index contributed by atoms with van der Waals surface area (Å²) in [5, 5.41) is 86.0. The zero-order valence-electron chi connectivity index (χ0n) is 10.7. The van der Waals surface area contributed by atoms with E-state index in [0.29, 0.717) is 0 Å². The molecular weight excluding hydrogens is 306 g/mol. The molecule has 0 saturated heterocycles. The smallest absolute Gasteiger partial charge is 1.00 e. The van der Waals surface area contributed by atoms with Crippen LogP contribution in [0.15, 0.2) is 0 Å². The quantitative estimate of drug-likeness (QED) is 0.185. The van der Waals surface area contributed by atoms with Crippen LogP contribution in [0.25, 0.3) is 0 Å². The molecule has 0 atom stereocenters. The standard InChI is InChI=1S/4BH3O3.K.2H2O.H/c4*2-1(3)4;;;;/h4*2-4H;;2*1H2;/q;;;;+1;;;-1. The Balaban J connectivity index is -0.0000000150. The van der Waals surface area contributed by atoms with Crippen molar-refractivity contribution in [1.29, 1.82) is 0 Å². The van der Waals surface area contributed by atoms with E-state index in [4.69, 9.17) is 60.3 Å². The van der Waals surface area contributed by atoms with Gasteiger partial charge in [0.2, 0.25) is 0 Å². The fraction of sp³-hybridized carbons (Fsp3) is 0. The van der Waals surface area contributed by atoms with Gasteiger partial charge in [-0.1, -0.05) is 0 Å². The van der Waals surface area contributed by atoms with Crippen molar-refractivity contribution in [1.82, 2.24) is 0 Å². The molecule has 0 aromatic rings. The summed E-state index contributed by atoms with van der Waals surface area (Å²) < 4.78 is 0. The number of hydrogen-bond acceptors (Lipinski definition) is 12. The molecule has 0 aliphatic carbocycles. The van der Waals surface area contributed by atoms with Gasteiger partial charge >= 0.3 is 80.7 Å². The monoisotopic (exact) mass is 324 g/mol. The molecule has 14 nitrogen and oxygen atoms in total. The van der Waals surface area contributed by atoms with Crippen molar-refractivity contribution in [2.24, 2.45) is 0 Å². The van der Waals surface area contributed by atoms with Gasteiger partial charge in [-0.15, -0.1) is 0 Å². The maximum atomic E-state index is 7.17. The summed E-state index contributed by atoms with van der Waals surface area (Å²) in [6.07, 6.45) is 0. The Labute approximate surface area is 152 Å². The second-order valence-electron chi connectivity index (χ2n) is 1.39. The minimum atomic E-state index is -2.17. The van der Waals surface area contributed by atoms with Crippen molar-refractivity contribution in [2.45, 2.75) is 0 Å². The van der Waals surface area contributed by atoms with E-state index in [1.165, 1.54) is 0 Å². The minimum absolute atomic E-state index is 0. The molecule has 19 heavy (non-hydrogen) atoms. The molecule has 0 rings (SSSR count). The summed E-state index contributed by atoms with van der Waals surface area (Å²) >= 11 is 0. The Hall–Kier alpha value is 1.34. The molecule has 0 heterocycles. The zero-order chi connectivity index (χ0) is 14.3. The predicted octanol–water partition coefficient (Wildman–Crippen LogP) is -12.7. The van der Waals surface area contributed by atoms with E-state index >= 15 is 0 Å². The topological polar surface area (TPSA) is 306 Å². The molecule has 0 spiro atoms. The van der Waals surface area contributed by atoms with Crippen molar-refractivity contribution in [3.8, 4) is 0 Å². The average molecular weight is 323 g/mol. The summed E-state index contributed by atoms with van der Waals surface area (Å²) in [6, 6.07) is 0. The molecule has 0 bridgehead atoms. The van der Waals surface area contributed by atoms with Gasteiger partial charge in [-0.25, -0.2) is 0 Å². The van der Waals surface area contributed by atoms with E-state index in [2.05, 4.69) is 0 Å². The maximum absolute atomic E-state index is 7.17. The van der Waals surface area contributed by atoms with Gasteiger partial charge in [-0.2, -0.15) is 0 Å². The predicted molar refractivity (Wildman–Crippen MR) is 58.0 cm³/mol. The molecular formula is H17B4KO14. The fourth-order valence-corrected chi connectivity index (χ4v) is 0. The zero-order valence-corrected chi connectivity index (χ0v) is 12.8. The van der Waals surface area contributed by atoms with Gasteiger partial charge in [-0.3, -0.25) is 0 Å². The fourth-order valence-electron chi connectivity index (χ4n) is 0. The third-order valence-corrected chi connectivity index (χ3v) is 0. The second kappa shape index (κ2) is 36.6. The first-order valence-corrected chi connectivity index (χ1v) is 3.10. The molecule has 16 N–H and O–H groups in total. The van der Waals surface area contributed by atoms with Crippen LogP contribution in [0.1, 0.15) is 1.43 Å². The molecule has 0 saturated carbocycles. The SMILES string of the molecule is O.O.OB(O)O.OB(O)O.OB(O)O.OB(O)O.[H-].[K+]. The van der Waals surface area contributed by atoms with Gasteiger partial charge in [0.1, 0.15) is 0 Å². The van der Waals surface area contributed by atoms with E-state index in [0.717, 1.165) is 0 Å². The van der Waals surface area contributed by atoms with Gasteiger partial charge in [0.25, 0.3) is 0 Å². The summed E-state index contributed by atoms with van der Waals surface area (Å²) in [7, 11) is -8.67. The van der Waals surface area contributed by atoms with Crippen LogP contribution in [-0.2, 0) is 0 Å². The average Bonchev–Trinajstić information content (AvgIpc) is 1.76. The van der Waals surface area contributed by atoms with Gasteiger partial charge < -0.3 is 72.7 Å². The van der Waals surface area contributed by atoms with Gasteiger partial charge in [0.05, 0.1) is 0 Å². The largest absolute Gasteiger partial charge is 1.00 e. The van der Waals surface area contributed by atoms with Crippen molar-refractivity contribution in [2.75, 3.05) is 0 Å². The van der Waals surface area contributed by atoms with Crippen LogP contribution in [-0.4, -0.2) is 101 Å². The molecule has 0 unspecified atom stereocenters. The molecule has 19 heteroatoms. The molecule has 0 aromatic carbocycles. The number of rotatable bonds is 0. The first kappa shape index (κ1) is 42.8. The molecule has 114 valence electrons. The van der Waals surface area contributed by atoms with E-state index < -0.39 is 29.3 Å². The van der Waals surface area contributed by atoms with E-state index in [1.807, 2.05) is 0 Å². The first-order valence-electron chi connectivity index (χ1n) is 3.10. The van der Waals surface area contributed by atoms with E-state index in [9.17, 15) is 0 Å². The third kappa shape index (κ3) is 3260. The van der Waals surface area contributed by atoms with Crippen LogP contribution >= 0.6 is 0 Å². The second-order valence-corrected chi connectivity index (χ2v) is 1.39. The first-order chi connectivity index (χ1) is 6.93. The molecule has 0 radical (unpaired) electrons. The Morgan fingerprint density at radius 1 is 0.368 bits per heavy atom. The molecule has 0 aliphatic heterocycles. The Morgan fingerprint density at radius 3 is 0.368 bits per heavy atom. The molecule has 0 amide bonds.